The van der Waals surface area contributed by atoms with Crippen molar-refractivity contribution >= 4 is 22.2 Å². The Morgan fingerprint density at radius 3 is 2.76 bits per heavy atom. The standard InChI is InChI=1S/C12H10BrN3O/c13-8-1-3-9(4-2-8)16-12(7-17)10-5-14-6-11(10)15-16/h1-4,7,14H,5-6H2. The second-order valence-electron chi connectivity index (χ2n) is 3.92. The van der Waals surface area contributed by atoms with Crippen LogP contribution in [0.4, 0.5) is 0 Å². The molecule has 1 aromatic heterocycles. The van der Waals surface area contributed by atoms with Crippen molar-refractivity contribution in [3.63, 3.8) is 0 Å². The summed E-state index contributed by atoms with van der Waals surface area (Å²) < 4.78 is 2.72. The molecular weight excluding hydrogens is 282 g/mol. The number of nitrogens with zero attached hydrogens (tertiary/aromatic N) is 2. The van der Waals surface area contributed by atoms with E-state index in [1.54, 1.807) is 4.68 Å². The molecule has 2 heterocycles. The largest absolute Gasteiger partial charge is 0.307 e. The van der Waals surface area contributed by atoms with Gasteiger partial charge in [0.1, 0.15) is 5.69 Å². The van der Waals surface area contributed by atoms with Crippen molar-refractivity contribution < 1.29 is 4.79 Å². The third-order valence-electron chi connectivity index (χ3n) is 2.88. The van der Waals surface area contributed by atoms with E-state index < -0.39 is 0 Å². The van der Waals surface area contributed by atoms with Gasteiger partial charge in [-0.15, -0.1) is 0 Å². The molecule has 4 nitrogen and oxygen atoms in total. The zero-order valence-corrected chi connectivity index (χ0v) is 10.6. The summed E-state index contributed by atoms with van der Waals surface area (Å²) in [7, 11) is 0. The van der Waals surface area contributed by atoms with Gasteiger partial charge in [-0.3, -0.25) is 4.79 Å². The monoisotopic (exact) mass is 291 g/mol. The summed E-state index contributed by atoms with van der Waals surface area (Å²) in [5.74, 6) is 0. The van der Waals surface area contributed by atoms with Gasteiger partial charge in [0, 0.05) is 23.1 Å². The smallest absolute Gasteiger partial charge is 0.168 e. The molecule has 0 amide bonds. The molecule has 0 saturated heterocycles. The van der Waals surface area contributed by atoms with Gasteiger partial charge in [0.05, 0.1) is 11.4 Å². The van der Waals surface area contributed by atoms with Crippen LogP contribution in [0.25, 0.3) is 5.69 Å². The van der Waals surface area contributed by atoms with E-state index in [-0.39, 0.29) is 0 Å². The highest BCUT2D eigenvalue weighted by atomic mass is 79.9. The molecule has 0 fully saturated rings. The van der Waals surface area contributed by atoms with E-state index in [1.807, 2.05) is 24.3 Å². The second-order valence-corrected chi connectivity index (χ2v) is 4.84. The van der Waals surface area contributed by atoms with Crippen molar-refractivity contribution in [2.45, 2.75) is 13.1 Å². The van der Waals surface area contributed by atoms with E-state index in [4.69, 9.17) is 0 Å². The fourth-order valence-electron chi connectivity index (χ4n) is 2.05. The average Bonchev–Trinajstić information content (AvgIpc) is 2.89. The van der Waals surface area contributed by atoms with Gasteiger partial charge in [0.15, 0.2) is 6.29 Å². The first-order valence-electron chi connectivity index (χ1n) is 5.32. The Hall–Kier alpha value is -1.46. The average molecular weight is 292 g/mol. The van der Waals surface area contributed by atoms with Crippen molar-refractivity contribution in [2.75, 3.05) is 0 Å². The first-order chi connectivity index (χ1) is 8.29. The molecule has 1 N–H and O–H groups in total. The summed E-state index contributed by atoms with van der Waals surface area (Å²) in [6, 6.07) is 7.75. The Kier molecular flexibility index (Phi) is 2.57. The van der Waals surface area contributed by atoms with Gasteiger partial charge in [-0.25, -0.2) is 4.68 Å². The molecule has 1 aromatic carbocycles. The Balaban J connectivity index is 2.15. The summed E-state index contributed by atoms with van der Waals surface area (Å²) in [4.78, 5) is 11.2. The second kappa shape index (κ2) is 4.09. The van der Waals surface area contributed by atoms with Crippen LogP contribution in [-0.2, 0) is 13.1 Å². The summed E-state index contributed by atoms with van der Waals surface area (Å²) in [6.45, 7) is 1.46. The molecular formula is C12H10BrN3O. The number of nitrogens with one attached hydrogen (secondary N) is 1. The van der Waals surface area contributed by atoms with Crippen LogP contribution in [0.15, 0.2) is 28.7 Å². The lowest BCUT2D eigenvalue weighted by atomic mass is 10.2. The van der Waals surface area contributed by atoms with E-state index >= 15 is 0 Å². The summed E-state index contributed by atoms with van der Waals surface area (Å²) in [5, 5.41) is 7.66. The van der Waals surface area contributed by atoms with Crippen molar-refractivity contribution in [3.05, 3.63) is 45.7 Å². The molecule has 86 valence electrons. The lowest BCUT2D eigenvalue weighted by Crippen LogP contribution is -2.09. The minimum absolute atomic E-state index is 0.646. The Morgan fingerprint density at radius 1 is 1.29 bits per heavy atom. The van der Waals surface area contributed by atoms with E-state index in [1.165, 1.54) is 0 Å². The van der Waals surface area contributed by atoms with Gasteiger partial charge >= 0.3 is 0 Å². The van der Waals surface area contributed by atoms with Crippen molar-refractivity contribution in [1.29, 1.82) is 0 Å². The number of benzene rings is 1. The highest BCUT2D eigenvalue weighted by molar-refractivity contribution is 9.10. The van der Waals surface area contributed by atoms with Gasteiger partial charge in [-0.05, 0) is 24.3 Å². The van der Waals surface area contributed by atoms with Crippen LogP contribution in [0.2, 0.25) is 0 Å². The predicted octanol–water partition coefficient (Wildman–Crippen LogP) is 2.05. The third kappa shape index (κ3) is 1.71. The van der Waals surface area contributed by atoms with Crippen molar-refractivity contribution in [2.24, 2.45) is 0 Å². The van der Waals surface area contributed by atoms with Crippen LogP contribution in [0.1, 0.15) is 21.7 Å². The van der Waals surface area contributed by atoms with Gasteiger partial charge in [-0.1, -0.05) is 15.9 Å². The predicted molar refractivity (Wildman–Crippen MR) is 67.2 cm³/mol. The third-order valence-corrected chi connectivity index (χ3v) is 3.41. The minimum atomic E-state index is 0.646. The van der Waals surface area contributed by atoms with Crippen LogP contribution in [0.5, 0.6) is 0 Å². The molecule has 3 rings (SSSR count). The number of rotatable bonds is 2. The first kappa shape index (κ1) is 10.7. The molecule has 5 heteroatoms. The lowest BCUT2D eigenvalue weighted by Gasteiger charge is -2.05. The fourth-order valence-corrected chi connectivity index (χ4v) is 2.32. The van der Waals surface area contributed by atoms with Crippen molar-refractivity contribution in [1.82, 2.24) is 15.1 Å². The molecule has 0 atom stereocenters. The number of hydrogen-bond acceptors (Lipinski definition) is 3. The van der Waals surface area contributed by atoms with Crippen LogP contribution in [0.3, 0.4) is 0 Å². The van der Waals surface area contributed by atoms with Gasteiger partial charge in [-0.2, -0.15) is 5.10 Å². The Morgan fingerprint density at radius 2 is 2.06 bits per heavy atom. The summed E-state index contributed by atoms with van der Waals surface area (Å²) in [6.07, 6.45) is 0.876. The highest BCUT2D eigenvalue weighted by Gasteiger charge is 2.21. The normalized spacial score (nSPS) is 13.7. The number of carbonyl (C=O) groups is 1. The van der Waals surface area contributed by atoms with Crippen LogP contribution < -0.4 is 5.32 Å². The number of halogens is 1. The molecule has 0 spiro atoms. The number of aromatic nitrogens is 2. The lowest BCUT2D eigenvalue weighted by molar-refractivity contribution is 0.111. The SMILES string of the molecule is O=Cc1c2c(nn1-c1ccc(Br)cc1)CNC2. The van der Waals surface area contributed by atoms with Crippen molar-refractivity contribution in [3.8, 4) is 5.69 Å². The minimum Gasteiger partial charge on any atom is -0.307 e. The maximum absolute atomic E-state index is 11.2. The number of fused-ring (bicyclic) bond motifs is 1. The number of aldehydes is 1. The van der Waals surface area contributed by atoms with E-state index in [2.05, 4.69) is 26.3 Å². The molecule has 1 aliphatic rings. The molecule has 0 unspecified atom stereocenters. The van der Waals surface area contributed by atoms with E-state index in [9.17, 15) is 4.79 Å². The van der Waals surface area contributed by atoms with E-state index in [0.29, 0.717) is 5.69 Å². The molecule has 0 bridgehead atoms. The van der Waals surface area contributed by atoms with Crippen LogP contribution in [0, 0.1) is 0 Å². The Bertz CT molecular complexity index is 574. The summed E-state index contributed by atoms with van der Waals surface area (Å²) >= 11 is 3.39. The van der Waals surface area contributed by atoms with Gasteiger partial charge < -0.3 is 5.32 Å². The number of carbonyl (C=O) groups excluding carboxylic acids is 1. The maximum atomic E-state index is 11.2. The summed E-state index contributed by atoms with van der Waals surface area (Å²) in [5.41, 5.74) is 3.54. The fraction of sp³-hybridized carbons (Fsp3) is 0.167. The molecule has 1 aliphatic heterocycles. The molecule has 0 saturated carbocycles. The van der Waals surface area contributed by atoms with Crippen LogP contribution in [-0.4, -0.2) is 16.1 Å². The molecule has 0 radical (unpaired) electrons. The van der Waals surface area contributed by atoms with E-state index in [0.717, 1.165) is 40.8 Å². The first-order valence-corrected chi connectivity index (χ1v) is 6.11. The molecule has 2 aromatic rings. The maximum Gasteiger partial charge on any atom is 0.168 e. The highest BCUT2D eigenvalue weighted by Crippen LogP contribution is 2.22. The molecule has 17 heavy (non-hydrogen) atoms. The topological polar surface area (TPSA) is 46.9 Å². The molecule has 0 aliphatic carbocycles. The zero-order valence-electron chi connectivity index (χ0n) is 8.98. The van der Waals surface area contributed by atoms with Gasteiger partial charge in [0.25, 0.3) is 0 Å². The van der Waals surface area contributed by atoms with Crippen LogP contribution >= 0.6 is 15.9 Å². The van der Waals surface area contributed by atoms with Gasteiger partial charge in [0.2, 0.25) is 0 Å². The Labute approximate surface area is 107 Å². The number of hydrogen-bond donors (Lipinski definition) is 1. The quantitative estimate of drug-likeness (QED) is 0.862. The zero-order chi connectivity index (χ0) is 11.8.